The predicted octanol–water partition coefficient (Wildman–Crippen LogP) is 0.921. The molecule has 25 heavy (non-hydrogen) atoms. The first-order valence-electron chi connectivity index (χ1n) is 8.55. The fourth-order valence-corrected chi connectivity index (χ4v) is 3.63. The third-order valence-corrected chi connectivity index (χ3v) is 4.79. The zero-order chi connectivity index (χ0) is 17.4. The van der Waals surface area contributed by atoms with Crippen LogP contribution in [0.1, 0.15) is 34.9 Å². The molecule has 2 aliphatic rings. The van der Waals surface area contributed by atoms with Gasteiger partial charge in [-0.3, -0.25) is 9.89 Å². The summed E-state index contributed by atoms with van der Waals surface area (Å²) in [6, 6.07) is 2.30. The van der Waals surface area contributed by atoms with Gasteiger partial charge in [-0.2, -0.15) is 5.10 Å². The van der Waals surface area contributed by atoms with Crippen LogP contribution in [0.25, 0.3) is 0 Å². The Morgan fingerprint density at radius 1 is 1.28 bits per heavy atom. The number of amides is 1. The van der Waals surface area contributed by atoms with Crippen LogP contribution in [0.2, 0.25) is 0 Å². The molecule has 2 aromatic heterocycles. The monoisotopic (exact) mass is 346 g/mol. The van der Waals surface area contributed by atoms with Gasteiger partial charge >= 0.3 is 6.01 Å². The van der Waals surface area contributed by atoms with Gasteiger partial charge in [0.15, 0.2) is 0 Å². The minimum Gasteiger partial charge on any atom is -0.408 e. The highest BCUT2D eigenvalue weighted by atomic mass is 16.5. The fraction of sp³-hybridized carbons (Fsp3) is 0.625. The second kappa shape index (κ2) is 6.14. The number of aromatic amines is 1. The van der Waals surface area contributed by atoms with Gasteiger partial charge in [0.25, 0.3) is 5.91 Å². The van der Waals surface area contributed by atoms with Gasteiger partial charge in [-0.1, -0.05) is 5.10 Å². The molecular formula is C16H22N6O3. The maximum absolute atomic E-state index is 12.7. The Bertz CT molecular complexity index is 768. The Kier molecular flexibility index (Phi) is 3.95. The van der Waals surface area contributed by atoms with Crippen molar-refractivity contribution >= 4 is 11.9 Å². The van der Waals surface area contributed by atoms with Crippen molar-refractivity contribution in [1.29, 1.82) is 0 Å². The van der Waals surface area contributed by atoms with Crippen molar-refractivity contribution in [3.8, 4) is 0 Å². The van der Waals surface area contributed by atoms with E-state index in [4.69, 9.17) is 9.15 Å². The molecule has 2 aliphatic heterocycles. The second-order valence-corrected chi connectivity index (χ2v) is 6.82. The molecule has 2 aromatic rings. The summed E-state index contributed by atoms with van der Waals surface area (Å²) in [6.45, 7) is 6.78. The highest BCUT2D eigenvalue weighted by Gasteiger charge is 2.43. The van der Waals surface area contributed by atoms with Crippen molar-refractivity contribution in [2.75, 3.05) is 37.7 Å². The molecular weight excluding hydrogens is 324 g/mol. The van der Waals surface area contributed by atoms with Crippen LogP contribution < -0.4 is 4.90 Å². The van der Waals surface area contributed by atoms with Crippen LogP contribution in [0.15, 0.2) is 10.5 Å². The van der Waals surface area contributed by atoms with Gasteiger partial charge in [0.05, 0.1) is 19.7 Å². The lowest BCUT2D eigenvalue weighted by Gasteiger charge is -2.47. The van der Waals surface area contributed by atoms with E-state index in [2.05, 4.69) is 25.3 Å². The van der Waals surface area contributed by atoms with Crippen LogP contribution in [-0.2, 0) is 4.74 Å². The molecule has 2 fully saturated rings. The summed E-state index contributed by atoms with van der Waals surface area (Å²) in [4.78, 5) is 16.6. The van der Waals surface area contributed by atoms with E-state index >= 15 is 0 Å². The Labute approximate surface area is 145 Å². The van der Waals surface area contributed by atoms with Crippen LogP contribution in [0.5, 0.6) is 0 Å². The predicted molar refractivity (Wildman–Crippen MR) is 88.4 cm³/mol. The zero-order valence-corrected chi connectivity index (χ0v) is 14.5. The quantitative estimate of drug-likeness (QED) is 0.863. The number of rotatable bonds is 2. The van der Waals surface area contributed by atoms with Gasteiger partial charge < -0.3 is 19.0 Å². The van der Waals surface area contributed by atoms with Crippen molar-refractivity contribution in [1.82, 2.24) is 25.3 Å². The Morgan fingerprint density at radius 3 is 2.88 bits per heavy atom. The second-order valence-electron chi connectivity index (χ2n) is 6.82. The fourth-order valence-electron chi connectivity index (χ4n) is 3.63. The van der Waals surface area contributed by atoms with Crippen molar-refractivity contribution in [3.63, 3.8) is 0 Å². The summed E-state index contributed by atoms with van der Waals surface area (Å²) < 4.78 is 11.7. The van der Waals surface area contributed by atoms with E-state index < -0.39 is 5.60 Å². The van der Waals surface area contributed by atoms with E-state index in [1.165, 1.54) is 0 Å². The lowest BCUT2D eigenvalue weighted by Crippen LogP contribution is -2.61. The van der Waals surface area contributed by atoms with Crippen molar-refractivity contribution in [2.45, 2.75) is 32.3 Å². The van der Waals surface area contributed by atoms with E-state index in [1.807, 2.05) is 11.8 Å². The van der Waals surface area contributed by atoms with Gasteiger partial charge in [-0.15, -0.1) is 5.10 Å². The molecule has 1 spiro atoms. The van der Waals surface area contributed by atoms with Gasteiger partial charge in [0.2, 0.25) is 5.89 Å². The van der Waals surface area contributed by atoms with Crippen molar-refractivity contribution in [2.24, 2.45) is 0 Å². The topological polar surface area (TPSA) is 100 Å². The summed E-state index contributed by atoms with van der Waals surface area (Å²) >= 11 is 0. The Hall–Kier alpha value is -2.42. The highest BCUT2D eigenvalue weighted by molar-refractivity contribution is 5.92. The molecule has 0 bridgehead atoms. The van der Waals surface area contributed by atoms with Crippen LogP contribution in [-0.4, -0.2) is 69.6 Å². The lowest BCUT2D eigenvalue weighted by atomic mass is 9.90. The van der Waals surface area contributed by atoms with E-state index in [9.17, 15) is 4.79 Å². The molecule has 9 heteroatoms. The minimum atomic E-state index is -0.403. The first kappa shape index (κ1) is 16.1. The number of hydrogen-bond donors (Lipinski definition) is 1. The van der Waals surface area contributed by atoms with Crippen LogP contribution >= 0.6 is 0 Å². The summed E-state index contributed by atoms with van der Waals surface area (Å²) in [5, 5.41) is 14.9. The number of aromatic nitrogens is 4. The number of morpholine rings is 1. The molecule has 0 saturated carbocycles. The maximum Gasteiger partial charge on any atom is 0.318 e. The highest BCUT2D eigenvalue weighted by Crippen LogP contribution is 2.31. The summed E-state index contributed by atoms with van der Waals surface area (Å²) in [6.07, 6.45) is 1.85. The molecule has 0 aromatic carbocycles. The number of piperidine rings is 1. The van der Waals surface area contributed by atoms with Crippen molar-refractivity contribution in [3.05, 3.63) is 23.3 Å². The number of anilines is 1. The van der Waals surface area contributed by atoms with Gasteiger partial charge in [0.1, 0.15) is 11.3 Å². The molecule has 134 valence electrons. The van der Waals surface area contributed by atoms with E-state index in [0.29, 0.717) is 43.8 Å². The van der Waals surface area contributed by atoms with Gasteiger partial charge in [-0.25, -0.2) is 0 Å². The van der Waals surface area contributed by atoms with Crippen molar-refractivity contribution < 1.29 is 13.9 Å². The lowest BCUT2D eigenvalue weighted by molar-refractivity contribution is -0.105. The molecule has 4 rings (SSSR count). The molecule has 4 heterocycles. The third-order valence-electron chi connectivity index (χ3n) is 4.79. The average Bonchev–Trinajstić information content (AvgIpc) is 3.23. The summed E-state index contributed by atoms with van der Waals surface area (Å²) in [5.41, 5.74) is 0.927. The van der Waals surface area contributed by atoms with Crippen LogP contribution in [0.4, 0.5) is 6.01 Å². The smallest absolute Gasteiger partial charge is 0.318 e. The zero-order valence-electron chi connectivity index (χ0n) is 14.5. The normalized spacial score (nSPS) is 24.1. The molecule has 0 aliphatic carbocycles. The largest absolute Gasteiger partial charge is 0.408 e. The molecule has 2 saturated heterocycles. The third kappa shape index (κ3) is 3.11. The average molecular weight is 346 g/mol. The van der Waals surface area contributed by atoms with Gasteiger partial charge in [-0.05, 0) is 25.8 Å². The number of ether oxygens (including phenoxy) is 1. The number of nitrogens with one attached hydrogen (secondary N) is 1. The molecule has 1 atom stereocenters. The SMILES string of the molecule is Cc1cc(C(=O)N2CCO[C@]3(CCCN(c4nnc(C)o4)C3)C2)n[nH]1. The number of aryl methyl sites for hydroxylation is 2. The molecule has 0 unspecified atom stereocenters. The van der Waals surface area contributed by atoms with Crippen LogP contribution in [0, 0.1) is 13.8 Å². The van der Waals surface area contributed by atoms with E-state index in [0.717, 1.165) is 25.1 Å². The van der Waals surface area contributed by atoms with E-state index in [1.54, 1.807) is 13.0 Å². The number of carbonyl (C=O) groups excluding carboxylic acids is 1. The Morgan fingerprint density at radius 2 is 2.16 bits per heavy atom. The Balaban J connectivity index is 1.50. The summed E-state index contributed by atoms with van der Waals surface area (Å²) in [5.74, 6) is 0.489. The molecule has 0 radical (unpaired) electrons. The molecule has 1 amide bonds. The number of hydrogen-bond acceptors (Lipinski definition) is 7. The molecule has 1 N–H and O–H groups in total. The summed E-state index contributed by atoms with van der Waals surface area (Å²) in [7, 11) is 0. The minimum absolute atomic E-state index is 0.0576. The first-order chi connectivity index (χ1) is 12.0. The van der Waals surface area contributed by atoms with Crippen LogP contribution in [0.3, 0.4) is 0 Å². The molecule has 9 nitrogen and oxygen atoms in total. The standard InChI is InChI=1S/C16H22N6O3/c1-11-8-13(19-17-11)14(23)21-6-7-24-16(9-21)4-3-5-22(10-16)15-20-18-12(2)25-15/h8H,3-7,9-10H2,1-2H3,(H,17,19)/t16-/m1/s1. The van der Waals surface area contributed by atoms with E-state index in [-0.39, 0.29) is 5.91 Å². The van der Waals surface area contributed by atoms with Gasteiger partial charge in [0, 0.05) is 25.7 Å². The first-order valence-corrected chi connectivity index (χ1v) is 8.55. The number of nitrogens with zero attached hydrogens (tertiary/aromatic N) is 5. The number of carbonyl (C=O) groups is 1. The number of H-pyrrole nitrogens is 1. The maximum atomic E-state index is 12.7.